The molecule has 28 aromatic rings. The highest BCUT2D eigenvalue weighted by atomic mass is 16.5. The Labute approximate surface area is 441 Å². The summed E-state index contributed by atoms with van der Waals surface area (Å²) in [5.74, 6) is -0.0283. The van der Waals surface area contributed by atoms with Gasteiger partial charge in [0, 0.05) is 23.2 Å². The van der Waals surface area contributed by atoms with Gasteiger partial charge in [0.1, 0.15) is 6.04 Å². The number of carbonyl (C=O) groups excluding carboxylic acids is 1. The van der Waals surface area contributed by atoms with Gasteiger partial charge in [0.2, 0.25) is 0 Å². The van der Waals surface area contributed by atoms with Gasteiger partial charge in [0.05, 0.1) is 12.6 Å². The van der Waals surface area contributed by atoms with Crippen LogP contribution in [0.4, 0.5) is 0 Å². The van der Waals surface area contributed by atoms with Crippen LogP contribution in [0.1, 0.15) is 75.2 Å². The Hall–Kier alpha value is -9.41. The first-order valence-electron chi connectivity index (χ1n) is 29.8. The van der Waals surface area contributed by atoms with Gasteiger partial charge in [0.15, 0.2) is 0 Å². The van der Waals surface area contributed by atoms with Crippen LogP contribution in [0.5, 0.6) is 0 Å². The molecule has 0 saturated heterocycles. The highest BCUT2D eigenvalue weighted by Crippen LogP contribution is 2.87. The molecule has 0 spiro atoms. The highest BCUT2D eigenvalue weighted by molar-refractivity contribution is 6.80. The molecule has 5 atom stereocenters. The van der Waals surface area contributed by atoms with Crippen molar-refractivity contribution in [2.45, 2.75) is 42.2 Å². The monoisotopic (exact) mass is 991 g/mol. The molecule has 0 heterocycles. The number of nitrogens with one attached hydrogen (secondary N) is 1. The summed E-state index contributed by atoms with van der Waals surface area (Å²) in [7, 11) is 0. The van der Waals surface area contributed by atoms with Crippen LogP contribution in [-0.2, 0) is 14.9 Å². The van der Waals surface area contributed by atoms with Crippen molar-refractivity contribution in [2.75, 3.05) is 6.61 Å². The van der Waals surface area contributed by atoms with E-state index in [1.165, 1.54) is 22.1 Å². The molecule has 0 aromatic heterocycles. The average Bonchev–Trinajstić information content (AvgIpc) is 1.45. The van der Waals surface area contributed by atoms with E-state index in [2.05, 4.69) is 66.0 Å². The van der Waals surface area contributed by atoms with Crippen molar-refractivity contribution in [1.29, 1.82) is 0 Å². The van der Waals surface area contributed by atoms with E-state index in [4.69, 9.17) is 4.74 Å². The van der Waals surface area contributed by atoms with E-state index in [-0.39, 0.29) is 29.8 Å². The minimum atomic E-state index is -0.727. The fourth-order valence-electron chi connectivity index (χ4n) is 26.9. The molecule has 1 N–H and O–H groups in total. The Bertz CT molecular complexity index is 7790. The Balaban J connectivity index is 1.00. The maximum absolute atomic E-state index is 16.9. The highest BCUT2D eigenvalue weighted by Gasteiger charge is 2.73. The summed E-state index contributed by atoms with van der Waals surface area (Å²) in [6.07, 6.45) is 0. The van der Waals surface area contributed by atoms with Crippen molar-refractivity contribution in [3.8, 4) is 0 Å². The summed E-state index contributed by atoms with van der Waals surface area (Å²) in [6, 6.07) is 21.2. The van der Waals surface area contributed by atoms with Gasteiger partial charge in [-0.3, -0.25) is 10.1 Å². The molecule has 0 radical (unpaired) electrons. The van der Waals surface area contributed by atoms with Crippen LogP contribution in [0, 0.1) is 0 Å². The van der Waals surface area contributed by atoms with Crippen molar-refractivity contribution < 1.29 is 9.53 Å². The Morgan fingerprint density at radius 3 is 1.05 bits per heavy atom. The van der Waals surface area contributed by atoms with Gasteiger partial charge in [-0.15, -0.1) is 0 Å². The van der Waals surface area contributed by atoms with Gasteiger partial charge in [-0.2, -0.15) is 0 Å². The van der Waals surface area contributed by atoms with Crippen LogP contribution in [0.3, 0.4) is 0 Å². The number of hydrogen-bond donors (Lipinski definition) is 1. The van der Waals surface area contributed by atoms with Crippen LogP contribution in [-0.4, -0.2) is 18.6 Å². The van der Waals surface area contributed by atoms with Gasteiger partial charge < -0.3 is 4.74 Å². The second-order valence-electron chi connectivity index (χ2n) is 28.1. The third-order valence-corrected chi connectivity index (χ3v) is 27.3. The van der Waals surface area contributed by atoms with Gasteiger partial charge in [-0.05, 0) is 321 Å². The van der Waals surface area contributed by atoms with Crippen molar-refractivity contribution in [3.63, 3.8) is 0 Å². The van der Waals surface area contributed by atoms with Crippen molar-refractivity contribution in [2.24, 2.45) is 0 Å². The minimum absolute atomic E-state index is 0.0113. The molecule has 28 aromatic carbocycles. The van der Waals surface area contributed by atoms with Crippen molar-refractivity contribution in [1.82, 2.24) is 5.32 Å². The molecule has 3 nitrogen and oxygen atoms in total. The number of benzene rings is 19. The lowest BCUT2D eigenvalue weighted by Gasteiger charge is -2.56. The van der Waals surface area contributed by atoms with E-state index in [9.17, 15) is 0 Å². The van der Waals surface area contributed by atoms with Crippen LogP contribution < -0.4 is 5.32 Å². The van der Waals surface area contributed by atoms with Gasteiger partial charge in [0.25, 0.3) is 0 Å². The van der Waals surface area contributed by atoms with E-state index in [1.54, 1.807) is 292 Å². The molecule has 0 amide bonds. The second kappa shape index (κ2) is 8.06. The third kappa shape index (κ3) is 1.98. The SMILES string of the molecule is CCOC(=O)C(NC(c1ccccc1)c1ccccc1)C12c3c4c5c6c7c8c9c%10c(c%11c%12c%13c(c%14c3c3c%15c4c4c6c6c7c7c9c9c%16c%10c%12c%10c%12c%13c%13c%14c3c3c%14c%15c4c4c6c6c7c9c7c(c%16%10)c9c%12c%13c3c3c%14c4c6c7c93)C%111)C8C52. The molecule has 6 aliphatic rings. The summed E-state index contributed by atoms with van der Waals surface area (Å²) in [5, 5.41) is 84.2. The first-order valence-corrected chi connectivity index (χ1v) is 29.8. The largest absolute Gasteiger partial charge is 0.465 e. The fourth-order valence-corrected chi connectivity index (χ4v) is 26.9. The van der Waals surface area contributed by atoms with Crippen LogP contribution in [0.25, 0.3) is 269 Å². The molecular weight excluding hydrogens is 971 g/mol. The Morgan fingerprint density at radius 1 is 0.362 bits per heavy atom. The standard InChI is InChI=1S/C77H21NO2/c1-2-80-76(79)75(78-74(13-9-5-3-6-10-13)14-11-7-4-8-12-14)77-71-67-61-47-39-31-19-16-15-17-20(19)32-34-30-24(17)26-22-18(15)21-25-23(16)29-33(31)45(47)53-51-37(29)35(25)43-41-27(21)28(22)42-44-36(26)38(30)52-54-46(34)48(40(32)39)62(61)68(71)64(54)66-58(52)56(44)60-50(42)49(41)59-55(43)57(51)65(63(53)67)72(77)69(59)70(60)73(66)77/h3-12,65,71-72,74-75,78H,2H2,1H3. The number of hydrogen-bond acceptors (Lipinski definition) is 3. The topological polar surface area (TPSA) is 38.3 Å². The molecule has 0 fully saturated rings. The molecule has 34 rings (SSSR count). The smallest absolute Gasteiger partial charge is 0.324 e. The first kappa shape index (κ1) is 32.5. The molecular formula is C77H21NO2. The lowest BCUT2D eigenvalue weighted by atomic mass is 9.47. The number of ether oxygens (including phenoxy) is 1. The normalized spacial score (nSPS) is 22.2. The summed E-state index contributed by atoms with van der Waals surface area (Å²) in [6.45, 7) is 2.38. The van der Waals surface area contributed by atoms with E-state index in [0.717, 1.165) is 0 Å². The van der Waals surface area contributed by atoms with Gasteiger partial charge in [-0.1, -0.05) is 60.7 Å². The maximum Gasteiger partial charge on any atom is 0.324 e. The lowest BCUT2D eigenvalue weighted by Crippen LogP contribution is -2.61. The molecule has 346 valence electrons. The Morgan fingerprint density at radius 2 is 0.662 bits per heavy atom. The van der Waals surface area contributed by atoms with Crippen molar-refractivity contribution in [3.05, 3.63) is 105 Å². The summed E-state index contributed by atoms with van der Waals surface area (Å²) >= 11 is 0. The van der Waals surface area contributed by atoms with E-state index >= 15 is 4.79 Å². The van der Waals surface area contributed by atoms with Crippen LogP contribution in [0.2, 0.25) is 0 Å². The van der Waals surface area contributed by atoms with Crippen molar-refractivity contribution >= 4 is 275 Å². The maximum atomic E-state index is 16.9. The fraction of sp³-hybridized carbons (Fsp3) is 0.104. The van der Waals surface area contributed by atoms with Gasteiger partial charge >= 0.3 is 5.97 Å². The molecule has 6 aliphatic carbocycles. The molecule has 80 heavy (non-hydrogen) atoms. The summed E-state index contributed by atoms with van der Waals surface area (Å²) in [4.78, 5) is 16.9. The second-order valence-corrected chi connectivity index (χ2v) is 28.1. The molecule has 0 saturated carbocycles. The van der Waals surface area contributed by atoms with Crippen LogP contribution >= 0.6 is 0 Å². The number of carbonyl (C=O) groups is 1. The molecule has 3 heteroatoms. The van der Waals surface area contributed by atoms with Gasteiger partial charge in [-0.25, -0.2) is 0 Å². The minimum Gasteiger partial charge on any atom is -0.465 e. The molecule has 5 unspecified atom stereocenters. The summed E-state index contributed by atoms with van der Waals surface area (Å²) < 4.78 is 6.85. The quantitative estimate of drug-likeness (QED) is 0.128. The van der Waals surface area contributed by atoms with Crippen LogP contribution in [0.15, 0.2) is 60.7 Å². The zero-order valence-corrected chi connectivity index (χ0v) is 41.7. The Kier molecular flexibility index (Phi) is 3.27. The molecule has 0 bridgehead atoms. The zero-order chi connectivity index (χ0) is 48.6. The number of rotatable bonds is 7. The average molecular weight is 992 g/mol. The van der Waals surface area contributed by atoms with E-state index in [0.29, 0.717) is 6.61 Å². The van der Waals surface area contributed by atoms with E-state index < -0.39 is 11.5 Å². The summed E-state index contributed by atoms with van der Waals surface area (Å²) in [5.41, 5.74) is 11.3. The van der Waals surface area contributed by atoms with E-state index in [1.807, 2.05) is 6.92 Å². The number of esters is 1. The third-order valence-electron chi connectivity index (χ3n) is 27.3. The predicted molar refractivity (Wildman–Crippen MR) is 330 cm³/mol. The first-order chi connectivity index (χ1) is 39.8. The molecule has 0 aliphatic heterocycles. The predicted octanol–water partition coefficient (Wildman–Crippen LogP) is 19.0. The lowest BCUT2D eigenvalue weighted by molar-refractivity contribution is -0.148. The zero-order valence-electron chi connectivity index (χ0n) is 41.7.